The maximum atomic E-state index is 12.5. The van der Waals surface area contributed by atoms with E-state index in [1.807, 2.05) is 0 Å². The lowest BCUT2D eigenvalue weighted by atomic mass is 9.77. The van der Waals surface area contributed by atoms with E-state index in [1.165, 1.54) is 12.1 Å². The molecular formula is C15H20F3NO. The number of anilines is 1. The van der Waals surface area contributed by atoms with Crippen molar-refractivity contribution in [3.8, 4) is 0 Å². The molecule has 0 amide bonds. The third-order valence-corrected chi connectivity index (χ3v) is 4.16. The zero-order chi connectivity index (χ0) is 14.8. The summed E-state index contributed by atoms with van der Waals surface area (Å²) in [5.74, 6) is 0.643. The third kappa shape index (κ3) is 3.45. The number of hydrogen-bond acceptors (Lipinski definition) is 2. The molecule has 0 unspecified atom stereocenters. The molecule has 1 aliphatic rings. The van der Waals surface area contributed by atoms with Crippen molar-refractivity contribution in [3.05, 3.63) is 29.8 Å². The number of benzene rings is 1. The van der Waals surface area contributed by atoms with Gasteiger partial charge >= 0.3 is 6.18 Å². The molecule has 2 rings (SSSR count). The minimum Gasteiger partial charge on any atom is -0.394 e. The van der Waals surface area contributed by atoms with Crippen molar-refractivity contribution in [3.63, 3.8) is 0 Å². The number of rotatable bonds is 3. The van der Waals surface area contributed by atoms with Crippen molar-refractivity contribution >= 4 is 5.69 Å². The van der Waals surface area contributed by atoms with E-state index in [1.54, 1.807) is 0 Å². The molecular weight excluding hydrogens is 267 g/mol. The number of halogens is 3. The Hall–Kier alpha value is -1.23. The smallest absolute Gasteiger partial charge is 0.394 e. The van der Waals surface area contributed by atoms with Crippen molar-refractivity contribution in [2.45, 2.75) is 44.3 Å². The Balaban J connectivity index is 2.08. The SMILES string of the molecule is CC1CCC(CO)(Nc2ccc(C(F)(F)F)cc2)CC1. The highest BCUT2D eigenvalue weighted by Gasteiger charge is 2.34. The maximum absolute atomic E-state index is 12.5. The van der Waals surface area contributed by atoms with Crippen LogP contribution in [0.5, 0.6) is 0 Å². The first-order valence-electron chi connectivity index (χ1n) is 6.91. The highest BCUT2D eigenvalue weighted by atomic mass is 19.4. The van der Waals surface area contributed by atoms with Gasteiger partial charge in [0.05, 0.1) is 17.7 Å². The van der Waals surface area contributed by atoms with Crippen LogP contribution in [0.15, 0.2) is 24.3 Å². The molecule has 2 nitrogen and oxygen atoms in total. The molecule has 1 aliphatic carbocycles. The first-order valence-corrected chi connectivity index (χ1v) is 6.91. The summed E-state index contributed by atoms with van der Waals surface area (Å²) in [7, 11) is 0. The molecule has 0 atom stereocenters. The number of hydrogen-bond donors (Lipinski definition) is 2. The molecule has 20 heavy (non-hydrogen) atoms. The van der Waals surface area contributed by atoms with Gasteiger partial charge in [-0.3, -0.25) is 0 Å². The van der Waals surface area contributed by atoms with E-state index in [2.05, 4.69) is 12.2 Å². The van der Waals surface area contributed by atoms with Crippen molar-refractivity contribution in [1.82, 2.24) is 0 Å². The lowest BCUT2D eigenvalue weighted by Crippen LogP contribution is -2.45. The predicted molar refractivity (Wildman–Crippen MR) is 72.5 cm³/mol. The average molecular weight is 287 g/mol. The number of aliphatic hydroxyl groups is 1. The maximum Gasteiger partial charge on any atom is 0.416 e. The monoisotopic (exact) mass is 287 g/mol. The molecule has 1 aromatic rings. The summed E-state index contributed by atoms with van der Waals surface area (Å²) >= 11 is 0. The summed E-state index contributed by atoms with van der Waals surface area (Å²) in [5, 5.41) is 12.9. The molecule has 1 saturated carbocycles. The average Bonchev–Trinajstić information content (AvgIpc) is 2.41. The lowest BCUT2D eigenvalue weighted by Gasteiger charge is -2.39. The van der Waals surface area contributed by atoms with Crippen LogP contribution >= 0.6 is 0 Å². The van der Waals surface area contributed by atoms with Gasteiger partial charge < -0.3 is 10.4 Å². The van der Waals surface area contributed by atoms with Crippen LogP contribution in [0.25, 0.3) is 0 Å². The summed E-state index contributed by atoms with van der Waals surface area (Å²) in [6.45, 7) is 2.18. The number of alkyl halides is 3. The summed E-state index contributed by atoms with van der Waals surface area (Å²) in [4.78, 5) is 0. The molecule has 0 bridgehead atoms. The molecule has 0 radical (unpaired) electrons. The predicted octanol–water partition coefficient (Wildman–Crippen LogP) is 4.06. The van der Waals surface area contributed by atoms with Gasteiger partial charge in [-0.15, -0.1) is 0 Å². The summed E-state index contributed by atoms with van der Waals surface area (Å²) < 4.78 is 37.5. The van der Waals surface area contributed by atoms with Crippen LogP contribution in [-0.2, 0) is 6.18 Å². The molecule has 1 aromatic carbocycles. The van der Waals surface area contributed by atoms with Gasteiger partial charge in [-0.25, -0.2) is 0 Å². The fraction of sp³-hybridized carbons (Fsp3) is 0.600. The van der Waals surface area contributed by atoms with Crippen molar-refractivity contribution in [2.24, 2.45) is 5.92 Å². The molecule has 0 heterocycles. The van der Waals surface area contributed by atoms with E-state index in [4.69, 9.17) is 0 Å². The second-order valence-corrected chi connectivity index (χ2v) is 5.82. The van der Waals surface area contributed by atoms with E-state index in [0.29, 0.717) is 11.6 Å². The van der Waals surface area contributed by atoms with Gasteiger partial charge in [0, 0.05) is 5.69 Å². The van der Waals surface area contributed by atoms with Gasteiger partial charge in [-0.2, -0.15) is 13.2 Å². The van der Waals surface area contributed by atoms with Crippen LogP contribution in [-0.4, -0.2) is 17.3 Å². The normalized spacial score (nSPS) is 27.4. The first kappa shape index (κ1) is 15.2. The highest BCUT2D eigenvalue weighted by Crippen LogP contribution is 2.35. The van der Waals surface area contributed by atoms with Gasteiger partial charge in [-0.05, 0) is 55.9 Å². The van der Waals surface area contributed by atoms with Crippen LogP contribution in [0.3, 0.4) is 0 Å². The molecule has 112 valence electrons. The molecule has 1 fully saturated rings. The zero-order valence-electron chi connectivity index (χ0n) is 11.5. The van der Waals surface area contributed by atoms with Gasteiger partial charge in [0.2, 0.25) is 0 Å². The Kier molecular flexibility index (Phi) is 4.28. The fourth-order valence-corrected chi connectivity index (χ4v) is 2.69. The van der Waals surface area contributed by atoms with Gasteiger partial charge in [0.1, 0.15) is 0 Å². The van der Waals surface area contributed by atoms with E-state index in [-0.39, 0.29) is 6.61 Å². The first-order chi connectivity index (χ1) is 9.35. The largest absolute Gasteiger partial charge is 0.416 e. The Labute approximate surface area is 117 Å². The highest BCUT2D eigenvalue weighted by molar-refractivity contribution is 5.47. The standard InChI is InChI=1S/C15H20F3NO/c1-11-6-8-14(10-20,9-7-11)19-13-4-2-12(3-5-13)15(16,17)18/h2-5,11,19-20H,6-10H2,1H3. The number of nitrogens with one attached hydrogen (secondary N) is 1. The van der Waals surface area contributed by atoms with E-state index >= 15 is 0 Å². The molecule has 0 aromatic heterocycles. The van der Waals surface area contributed by atoms with E-state index < -0.39 is 17.3 Å². The Bertz CT molecular complexity index is 433. The Morgan fingerprint density at radius 3 is 2.20 bits per heavy atom. The molecule has 0 saturated heterocycles. The minimum absolute atomic E-state index is 0.000736. The van der Waals surface area contributed by atoms with Crippen LogP contribution in [0.4, 0.5) is 18.9 Å². The molecule has 2 N–H and O–H groups in total. The Morgan fingerprint density at radius 1 is 1.20 bits per heavy atom. The van der Waals surface area contributed by atoms with Gasteiger partial charge in [-0.1, -0.05) is 6.92 Å². The van der Waals surface area contributed by atoms with E-state index in [0.717, 1.165) is 37.8 Å². The van der Waals surface area contributed by atoms with Crippen molar-refractivity contribution in [1.29, 1.82) is 0 Å². The van der Waals surface area contributed by atoms with Gasteiger partial charge in [0.25, 0.3) is 0 Å². The molecule has 5 heteroatoms. The topological polar surface area (TPSA) is 32.3 Å². The zero-order valence-corrected chi connectivity index (χ0v) is 11.5. The second kappa shape index (κ2) is 5.64. The van der Waals surface area contributed by atoms with Crippen LogP contribution < -0.4 is 5.32 Å². The fourth-order valence-electron chi connectivity index (χ4n) is 2.69. The van der Waals surface area contributed by atoms with Crippen molar-refractivity contribution in [2.75, 3.05) is 11.9 Å². The molecule has 0 aliphatic heterocycles. The molecule has 0 spiro atoms. The summed E-state index contributed by atoms with van der Waals surface area (Å²) in [5.41, 5.74) is -0.424. The van der Waals surface area contributed by atoms with Crippen LogP contribution in [0.1, 0.15) is 38.2 Å². The number of aliphatic hydroxyl groups excluding tert-OH is 1. The second-order valence-electron chi connectivity index (χ2n) is 5.82. The van der Waals surface area contributed by atoms with Gasteiger partial charge in [0.15, 0.2) is 0 Å². The van der Waals surface area contributed by atoms with Crippen LogP contribution in [0.2, 0.25) is 0 Å². The van der Waals surface area contributed by atoms with E-state index in [9.17, 15) is 18.3 Å². The third-order valence-electron chi connectivity index (χ3n) is 4.16. The van der Waals surface area contributed by atoms with Crippen molar-refractivity contribution < 1.29 is 18.3 Å². The summed E-state index contributed by atoms with van der Waals surface area (Å²) in [6, 6.07) is 4.99. The van der Waals surface area contributed by atoms with Crippen LogP contribution in [0, 0.1) is 5.92 Å². The Morgan fingerprint density at radius 2 is 1.75 bits per heavy atom. The lowest BCUT2D eigenvalue weighted by molar-refractivity contribution is -0.137. The minimum atomic E-state index is -4.31. The summed E-state index contributed by atoms with van der Waals surface area (Å²) in [6.07, 6.45) is -0.590. The quantitative estimate of drug-likeness (QED) is 0.878.